The van der Waals surface area contributed by atoms with Crippen LogP contribution in [0, 0.1) is 0 Å². The molecule has 1 aliphatic heterocycles. The van der Waals surface area contributed by atoms with Crippen LogP contribution in [-0.2, 0) is 18.9 Å². The first kappa shape index (κ1) is 15.6. The van der Waals surface area contributed by atoms with Crippen molar-refractivity contribution in [2.75, 3.05) is 18.6 Å². The van der Waals surface area contributed by atoms with Gasteiger partial charge in [-0.05, 0) is 20.3 Å². The van der Waals surface area contributed by atoms with Gasteiger partial charge in [0.25, 0.3) is 0 Å². The zero-order valence-corrected chi connectivity index (χ0v) is 13.2. The van der Waals surface area contributed by atoms with E-state index in [1.54, 1.807) is 14.2 Å². The molecule has 1 rings (SSSR count). The topological polar surface area (TPSA) is 36.9 Å². The molecule has 0 aliphatic carbocycles. The lowest BCUT2D eigenvalue weighted by molar-refractivity contribution is -0.307. The number of methoxy groups -OCH3 is 2. The molecule has 5 heteroatoms. The second kappa shape index (κ2) is 7.23. The summed E-state index contributed by atoms with van der Waals surface area (Å²) in [6.45, 7) is 3.93. The van der Waals surface area contributed by atoms with Crippen molar-refractivity contribution < 1.29 is 18.9 Å². The van der Waals surface area contributed by atoms with Gasteiger partial charge in [0, 0.05) is 31.5 Å². The van der Waals surface area contributed by atoms with Crippen LogP contribution in [-0.4, -0.2) is 42.9 Å². The molecule has 0 aromatic rings. The maximum atomic E-state index is 5.90. The minimum atomic E-state index is -0.509. The molecule has 4 nitrogen and oxygen atoms in total. The van der Waals surface area contributed by atoms with Crippen LogP contribution in [0.15, 0.2) is 0 Å². The Bertz CT molecular complexity index is 219. The van der Waals surface area contributed by atoms with Crippen LogP contribution in [0.25, 0.3) is 0 Å². The van der Waals surface area contributed by atoms with Gasteiger partial charge in [-0.3, -0.25) is 0 Å². The van der Waals surface area contributed by atoms with E-state index in [1.165, 1.54) is 0 Å². The van der Waals surface area contributed by atoms with Crippen molar-refractivity contribution in [3.05, 3.63) is 0 Å². The summed E-state index contributed by atoms with van der Waals surface area (Å²) in [4.78, 5) is 0. The molecule has 1 aliphatic rings. The summed E-state index contributed by atoms with van der Waals surface area (Å²) in [6.07, 6.45) is 2.93. The Hall–Kier alpha value is 0.570. The Labute approximate surface area is 117 Å². The first-order valence-corrected chi connectivity index (χ1v) is 7.50. The average molecular weight is 358 g/mol. The zero-order chi connectivity index (χ0) is 12.9. The highest BCUT2D eigenvalue weighted by atomic mass is 127. The van der Waals surface area contributed by atoms with E-state index >= 15 is 0 Å². The summed E-state index contributed by atoms with van der Waals surface area (Å²) in [7, 11) is 3.31. The van der Waals surface area contributed by atoms with E-state index in [1.807, 2.05) is 13.8 Å². The van der Waals surface area contributed by atoms with Crippen molar-refractivity contribution >= 4 is 22.6 Å². The van der Waals surface area contributed by atoms with Crippen LogP contribution in [0.3, 0.4) is 0 Å². The lowest BCUT2D eigenvalue weighted by Crippen LogP contribution is -2.46. The van der Waals surface area contributed by atoms with Crippen LogP contribution in [0.4, 0.5) is 0 Å². The monoisotopic (exact) mass is 358 g/mol. The van der Waals surface area contributed by atoms with Crippen molar-refractivity contribution in [3.8, 4) is 0 Å². The van der Waals surface area contributed by atoms with Gasteiger partial charge in [-0.25, -0.2) is 0 Å². The number of ether oxygens (including phenoxy) is 4. The second-order valence-electron chi connectivity index (χ2n) is 4.73. The lowest BCUT2D eigenvalue weighted by atomic mass is 10.0. The maximum absolute atomic E-state index is 5.90. The highest BCUT2D eigenvalue weighted by Gasteiger charge is 2.36. The van der Waals surface area contributed by atoms with Crippen LogP contribution in [0.5, 0.6) is 0 Å². The smallest absolute Gasteiger partial charge is 0.163 e. The lowest BCUT2D eigenvalue weighted by Gasteiger charge is -2.41. The van der Waals surface area contributed by atoms with Crippen molar-refractivity contribution in [1.82, 2.24) is 0 Å². The quantitative estimate of drug-likeness (QED) is 0.416. The molecule has 0 bridgehead atoms. The normalized spacial score (nSPS) is 28.6. The highest BCUT2D eigenvalue weighted by Crippen LogP contribution is 2.30. The van der Waals surface area contributed by atoms with Crippen molar-refractivity contribution in [2.24, 2.45) is 0 Å². The number of hydrogen-bond donors (Lipinski definition) is 0. The van der Waals surface area contributed by atoms with Gasteiger partial charge in [0.15, 0.2) is 12.1 Å². The van der Waals surface area contributed by atoms with E-state index < -0.39 is 5.79 Å². The summed E-state index contributed by atoms with van der Waals surface area (Å²) < 4.78 is 23.3. The standard InChI is InChI=1S/C12H23IO4/c1-12(2)16-9(5-6-13)7-10(17-12)8-11(14-3)15-4/h9-11H,5-8H2,1-4H3. The van der Waals surface area contributed by atoms with Crippen molar-refractivity contribution in [3.63, 3.8) is 0 Å². The molecular formula is C12H23IO4. The minimum Gasteiger partial charge on any atom is -0.356 e. The molecule has 2 unspecified atom stereocenters. The predicted octanol–water partition coefficient (Wildman–Crippen LogP) is 2.73. The Kier molecular flexibility index (Phi) is 6.65. The second-order valence-corrected chi connectivity index (χ2v) is 5.81. The molecule has 2 atom stereocenters. The third-order valence-electron chi connectivity index (χ3n) is 2.84. The average Bonchev–Trinajstić information content (AvgIpc) is 2.24. The molecule has 0 aromatic carbocycles. The molecule has 0 spiro atoms. The molecule has 1 heterocycles. The SMILES string of the molecule is COC(CC1CC(CCI)OC(C)(C)O1)OC. The Morgan fingerprint density at radius 1 is 1.24 bits per heavy atom. The molecule has 0 radical (unpaired) electrons. The van der Waals surface area contributed by atoms with Gasteiger partial charge in [0.05, 0.1) is 12.2 Å². The van der Waals surface area contributed by atoms with Crippen LogP contribution < -0.4 is 0 Å². The van der Waals surface area contributed by atoms with Gasteiger partial charge in [-0.15, -0.1) is 0 Å². The Balaban J connectivity index is 2.53. The van der Waals surface area contributed by atoms with E-state index in [-0.39, 0.29) is 18.5 Å². The summed E-state index contributed by atoms with van der Waals surface area (Å²) in [5, 5.41) is 0. The fourth-order valence-electron chi connectivity index (χ4n) is 2.17. The fraction of sp³-hybridized carbons (Fsp3) is 1.00. The number of hydrogen-bond acceptors (Lipinski definition) is 4. The van der Waals surface area contributed by atoms with E-state index in [9.17, 15) is 0 Å². The molecule has 0 N–H and O–H groups in total. The first-order valence-electron chi connectivity index (χ1n) is 5.98. The largest absolute Gasteiger partial charge is 0.356 e. The van der Waals surface area contributed by atoms with Gasteiger partial charge >= 0.3 is 0 Å². The molecule has 0 amide bonds. The Morgan fingerprint density at radius 2 is 1.82 bits per heavy atom. The van der Waals surface area contributed by atoms with Crippen LogP contribution in [0.2, 0.25) is 0 Å². The zero-order valence-electron chi connectivity index (χ0n) is 11.1. The molecule has 0 saturated carbocycles. The number of halogens is 1. The third-order valence-corrected chi connectivity index (χ3v) is 3.46. The summed E-state index contributed by atoms with van der Waals surface area (Å²) in [5.41, 5.74) is 0. The summed E-state index contributed by atoms with van der Waals surface area (Å²) in [5.74, 6) is -0.509. The van der Waals surface area contributed by atoms with Gasteiger partial charge < -0.3 is 18.9 Å². The molecule has 0 aromatic heterocycles. The van der Waals surface area contributed by atoms with Crippen LogP contribution >= 0.6 is 22.6 Å². The number of alkyl halides is 1. The highest BCUT2D eigenvalue weighted by molar-refractivity contribution is 14.1. The van der Waals surface area contributed by atoms with E-state index in [2.05, 4.69) is 22.6 Å². The summed E-state index contributed by atoms with van der Waals surface area (Å²) in [6, 6.07) is 0. The van der Waals surface area contributed by atoms with Crippen molar-refractivity contribution in [2.45, 2.75) is 57.4 Å². The molecule has 1 saturated heterocycles. The maximum Gasteiger partial charge on any atom is 0.163 e. The van der Waals surface area contributed by atoms with Gasteiger partial charge in [-0.2, -0.15) is 0 Å². The third kappa shape index (κ3) is 5.38. The van der Waals surface area contributed by atoms with E-state index in [4.69, 9.17) is 18.9 Å². The van der Waals surface area contributed by atoms with Crippen molar-refractivity contribution in [1.29, 1.82) is 0 Å². The van der Waals surface area contributed by atoms with E-state index in [0.717, 1.165) is 23.7 Å². The Morgan fingerprint density at radius 3 is 2.35 bits per heavy atom. The molecule has 102 valence electrons. The van der Waals surface area contributed by atoms with Gasteiger partial charge in [-0.1, -0.05) is 22.6 Å². The molecular weight excluding hydrogens is 335 g/mol. The van der Waals surface area contributed by atoms with Crippen LogP contribution in [0.1, 0.15) is 33.1 Å². The number of rotatable bonds is 6. The minimum absolute atomic E-state index is 0.136. The molecule has 17 heavy (non-hydrogen) atoms. The van der Waals surface area contributed by atoms with Gasteiger partial charge in [0.1, 0.15) is 0 Å². The first-order chi connectivity index (χ1) is 8.00. The van der Waals surface area contributed by atoms with E-state index in [0.29, 0.717) is 0 Å². The predicted molar refractivity (Wildman–Crippen MR) is 74.4 cm³/mol. The molecule has 1 fully saturated rings. The fourth-order valence-corrected chi connectivity index (χ4v) is 2.86. The van der Waals surface area contributed by atoms with Gasteiger partial charge in [0.2, 0.25) is 0 Å². The summed E-state index contributed by atoms with van der Waals surface area (Å²) >= 11 is 2.38.